The number of nitrogens with zero attached hydrogens (tertiary/aromatic N) is 6. The van der Waals surface area contributed by atoms with Gasteiger partial charge in [0.15, 0.2) is 11.5 Å². The van der Waals surface area contributed by atoms with Crippen molar-refractivity contribution in [3.05, 3.63) is 48.5 Å². The zero-order valence-corrected chi connectivity index (χ0v) is 16.9. The summed E-state index contributed by atoms with van der Waals surface area (Å²) in [5.41, 5.74) is 16.7. The van der Waals surface area contributed by atoms with Gasteiger partial charge in [-0.2, -0.15) is 0 Å². The zero-order chi connectivity index (χ0) is 20.7. The molecule has 30 heavy (non-hydrogen) atoms. The van der Waals surface area contributed by atoms with Crippen molar-refractivity contribution in [3.8, 4) is 11.4 Å². The summed E-state index contributed by atoms with van der Waals surface area (Å²) >= 11 is 0. The number of anilines is 3. The topological polar surface area (TPSA) is 125 Å². The molecule has 154 valence electrons. The van der Waals surface area contributed by atoms with Crippen molar-refractivity contribution < 1.29 is 0 Å². The van der Waals surface area contributed by atoms with Gasteiger partial charge in [-0.3, -0.25) is 0 Å². The lowest BCUT2D eigenvalue weighted by Gasteiger charge is -2.24. The van der Waals surface area contributed by atoms with Crippen molar-refractivity contribution >= 4 is 22.8 Å². The Balaban J connectivity index is 1.43. The summed E-state index contributed by atoms with van der Waals surface area (Å²) in [5.74, 6) is 1.68. The maximum absolute atomic E-state index is 6.06. The third kappa shape index (κ3) is 3.48. The Hall–Kier alpha value is -3.46. The molecule has 1 aromatic carbocycles. The van der Waals surface area contributed by atoms with Gasteiger partial charge in [0.2, 0.25) is 0 Å². The number of aromatic nitrogens is 6. The average Bonchev–Trinajstić information content (AvgIpc) is 3.35. The monoisotopic (exact) mass is 403 g/mol. The van der Waals surface area contributed by atoms with Crippen LogP contribution in [0.15, 0.2) is 42.9 Å². The Morgan fingerprint density at radius 1 is 1.10 bits per heavy atom. The number of nitrogen functional groups attached to an aromatic ring is 1. The molecule has 0 aliphatic heterocycles. The van der Waals surface area contributed by atoms with Crippen LogP contribution in [0.3, 0.4) is 0 Å². The molecule has 0 atom stereocenters. The largest absolute Gasteiger partial charge is 0.382 e. The molecule has 1 saturated carbocycles. The fraction of sp³-hybridized carbons (Fsp3) is 0.333. The summed E-state index contributed by atoms with van der Waals surface area (Å²) in [5, 5.41) is 15.9. The Kier molecular flexibility index (Phi) is 4.59. The first kappa shape index (κ1) is 18.6. The van der Waals surface area contributed by atoms with E-state index in [1.54, 1.807) is 10.8 Å². The third-order valence-corrected chi connectivity index (χ3v) is 5.79. The van der Waals surface area contributed by atoms with Gasteiger partial charge < -0.3 is 21.4 Å². The number of rotatable bonds is 4. The van der Waals surface area contributed by atoms with Crippen LogP contribution in [0.1, 0.15) is 37.3 Å². The number of nitrogens with two attached hydrogens (primary N) is 2. The van der Waals surface area contributed by atoms with Crippen LogP contribution >= 0.6 is 0 Å². The molecular weight excluding hydrogens is 378 g/mol. The normalized spacial score (nSPS) is 19.3. The molecule has 0 saturated heterocycles. The summed E-state index contributed by atoms with van der Waals surface area (Å²) < 4.78 is 3.66. The van der Waals surface area contributed by atoms with Gasteiger partial charge in [-0.15, -0.1) is 15.3 Å². The molecule has 1 aliphatic rings. The number of fused-ring (bicyclic) bond motifs is 1. The maximum Gasteiger partial charge on any atom is 0.177 e. The van der Waals surface area contributed by atoms with E-state index < -0.39 is 0 Å². The Morgan fingerprint density at radius 2 is 1.87 bits per heavy atom. The molecule has 0 amide bonds. The van der Waals surface area contributed by atoms with E-state index in [9.17, 15) is 0 Å². The summed E-state index contributed by atoms with van der Waals surface area (Å²) in [6.45, 7) is 0. The number of nitrogens with one attached hydrogen (secondary N) is 1. The number of hydrogen-bond acceptors (Lipinski definition) is 7. The molecule has 5 rings (SSSR count). The number of hydrogen-bond donors (Lipinski definition) is 3. The van der Waals surface area contributed by atoms with Crippen LogP contribution in [0.2, 0.25) is 0 Å². The van der Waals surface area contributed by atoms with Crippen LogP contribution in [-0.4, -0.2) is 35.4 Å². The van der Waals surface area contributed by atoms with Gasteiger partial charge in [0.05, 0.1) is 17.6 Å². The highest BCUT2D eigenvalue weighted by Gasteiger charge is 2.23. The smallest absolute Gasteiger partial charge is 0.177 e. The SMILES string of the molecule is Cn1cnnc1-c1ccc(Nc2cc(N)nn3cc([C@H]4CC[C@H](N)CC4)nc23)cc1. The number of aryl methyl sites for hydroxylation is 1. The molecule has 1 aliphatic carbocycles. The fourth-order valence-corrected chi connectivity index (χ4v) is 4.12. The third-order valence-electron chi connectivity index (χ3n) is 5.79. The van der Waals surface area contributed by atoms with Crippen LogP contribution in [0.4, 0.5) is 17.2 Å². The second-order valence-corrected chi connectivity index (χ2v) is 8.00. The van der Waals surface area contributed by atoms with Crippen molar-refractivity contribution in [1.29, 1.82) is 0 Å². The molecule has 9 heteroatoms. The van der Waals surface area contributed by atoms with Gasteiger partial charge >= 0.3 is 0 Å². The van der Waals surface area contributed by atoms with E-state index in [0.29, 0.717) is 17.8 Å². The van der Waals surface area contributed by atoms with Crippen LogP contribution in [0, 0.1) is 0 Å². The molecule has 3 aromatic heterocycles. The van der Waals surface area contributed by atoms with Crippen LogP contribution in [0.25, 0.3) is 17.0 Å². The van der Waals surface area contributed by atoms with E-state index in [4.69, 9.17) is 16.5 Å². The summed E-state index contributed by atoms with van der Waals surface area (Å²) in [4.78, 5) is 4.89. The predicted molar refractivity (Wildman–Crippen MR) is 116 cm³/mol. The van der Waals surface area contributed by atoms with Gasteiger partial charge in [0.25, 0.3) is 0 Å². The molecule has 3 heterocycles. The second-order valence-electron chi connectivity index (χ2n) is 8.00. The van der Waals surface area contributed by atoms with Crippen molar-refractivity contribution in [3.63, 3.8) is 0 Å². The molecule has 0 bridgehead atoms. The Morgan fingerprint density at radius 3 is 2.57 bits per heavy atom. The molecule has 0 unspecified atom stereocenters. The standard InChI is InChI=1S/C21H25N9/c1-29-12-24-27-20(29)14-4-8-16(9-5-14)25-17-10-19(23)28-30-11-18(26-21(17)30)13-2-6-15(22)7-3-13/h4-5,8-13,15,25H,2-3,6-7,22H2,1H3,(H2,23,28)/t13-,15-. The van der Waals surface area contributed by atoms with Crippen LogP contribution in [0.5, 0.6) is 0 Å². The van der Waals surface area contributed by atoms with Crippen LogP contribution < -0.4 is 16.8 Å². The molecular formula is C21H25N9. The highest BCUT2D eigenvalue weighted by Crippen LogP contribution is 2.33. The van der Waals surface area contributed by atoms with E-state index in [1.807, 2.05) is 48.1 Å². The van der Waals surface area contributed by atoms with Gasteiger partial charge in [-0.1, -0.05) is 0 Å². The highest BCUT2D eigenvalue weighted by molar-refractivity contribution is 5.76. The van der Waals surface area contributed by atoms with E-state index in [0.717, 1.165) is 59.8 Å². The van der Waals surface area contributed by atoms with E-state index in [1.165, 1.54) is 0 Å². The molecule has 0 radical (unpaired) electrons. The van der Waals surface area contributed by atoms with Crippen molar-refractivity contribution in [2.24, 2.45) is 12.8 Å². The Bertz CT molecular complexity index is 1170. The van der Waals surface area contributed by atoms with Crippen molar-refractivity contribution in [2.75, 3.05) is 11.1 Å². The fourth-order valence-electron chi connectivity index (χ4n) is 4.12. The van der Waals surface area contributed by atoms with Crippen molar-refractivity contribution in [1.82, 2.24) is 29.4 Å². The minimum absolute atomic E-state index is 0.314. The first-order chi connectivity index (χ1) is 14.6. The number of benzene rings is 1. The van der Waals surface area contributed by atoms with Gasteiger partial charge in [0, 0.05) is 36.3 Å². The van der Waals surface area contributed by atoms with E-state index in [2.05, 4.69) is 20.6 Å². The summed E-state index contributed by atoms with van der Waals surface area (Å²) in [6.07, 6.45) is 7.89. The minimum Gasteiger partial charge on any atom is -0.382 e. The molecule has 5 N–H and O–H groups in total. The molecule has 4 aromatic rings. The van der Waals surface area contributed by atoms with Crippen LogP contribution in [-0.2, 0) is 7.05 Å². The molecule has 0 spiro atoms. The number of imidazole rings is 1. The average molecular weight is 403 g/mol. The first-order valence-corrected chi connectivity index (χ1v) is 10.2. The van der Waals surface area contributed by atoms with Crippen molar-refractivity contribution in [2.45, 2.75) is 37.6 Å². The first-order valence-electron chi connectivity index (χ1n) is 10.2. The lowest BCUT2D eigenvalue weighted by atomic mass is 9.85. The second kappa shape index (κ2) is 7.42. The highest BCUT2D eigenvalue weighted by atomic mass is 15.3. The predicted octanol–water partition coefficient (Wildman–Crippen LogP) is 2.84. The lowest BCUT2D eigenvalue weighted by molar-refractivity contribution is 0.391. The van der Waals surface area contributed by atoms with Gasteiger partial charge in [-0.05, 0) is 49.9 Å². The quantitative estimate of drug-likeness (QED) is 0.478. The summed E-state index contributed by atoms with van der Waals surface area (Å²) in [7, 11) is 1.92. The Labute approximate surface area is 174 Å². The summed E-state index contributed by atoms with van der Waals surface area (Å²) in [6, 6.07) is 10.2. The molecule has 1 fully saturated rings. The maximum atomic E-state index is 6.06. The van der Waals surface area contributed by atoms with E-state index in [-0.39, 0.29) is 0 Å². The zero-order valence-electron chi connectivity index (χ0n) is 16.9. The van der Waals surface area contributed by atoms with Gasteiger partial charge in [-0.25, -0.2) is 9.50 Å². The van der Waals surface area contributed by atoms with E-state index >= 15 is 0 Å². The minimum atomic E-state index is 0.314. The van der Waals surface area contributed by atoms with Gasteiger partial charge in [0.1, 0.15) is 12.1 Å². The molecule has 9 nitrogen and oxygen atoms in total. The lowest BCUT2D eigenvalue weighted by Crippen LogP contribution is -2.25.